The smallest absolute Gasteiger partial charge is 0.118 e. The summed E-state index contributed by atoms with van der Waals surface area (Å²) in [6, 6.07) is 12.5. The average molecular weight is 247 g/mol. The molecule has 17 heavy (non-hydrogen) atoms. The zero-order valence-electron chi connectivity index (χ0n) is 10.1. The van der Waals surface area contributed by atoms with Crippen molar-refractivity contribution in [2.45, 2.75) is 24.0 Å². The number of furan rings is 1. The summed E-state index contributed by atoms with van der Waals surface area (Å²) >= 11 is 1.75. The van der Waals surface area contributed by atoms with Crippen LogP contribution in [0.2, 0.25) is 0 Å². The first-order chi connectivity index (χ1) is 8.19. The van der Waals surface area contributed by atoms with Gasteiger partial charge in [-0.2, -0.15) is 0 Å². The Morgan fingerprint density at radius 3 is 2.35 bits per heavy atom. The number of nitrogens with two attached hydrogens (primary N) is 1. The molecule has 1 aromatic heterocycles. The van der Waals surface area contributed by atoms with Crippen LogP contribution in [0.3, 0.4) is 0 Å². The summed E-state index contributed by atoms with van der Waals surface area (Å²) < 4.78 is 5.63. The summed E-state index contributed by atoms with van der Waals surface area (Å²) in [5.41, 5.74) is 7.08. The van der Waals surface area contributed by atoms with Gasteiger partial charge in [-0.1, -0.05) is 17.7 Å². The number of hydrogen-bond donors (Lipinski definition) is 1. The minimum absolute atomic E-state index is 0.186. The van der Waals surface area contributed by atoms with Crippen LogP contribution in [0.5, 0.6) is 0 Å². The van der Waals surface area contributed by atoms with Crippen LogP contribution in [-0.2, 0) is 0 Å². The van der Waals surface area contributed by atoms with Gasteiger partial charge in [0, 0.05) is 11.4 Å². The molecule has 0 aliphatic heterocycles. The number of hydrogen-bond acceptors (Lipinski definition) is 3. The standard InChI is InChI=1S/C14H17NOS/c1-10-3-6-12(7-4-10)17-14(9-15)13-8-5-11(2)16-13/h3-8,14H,9,15H2,1-2H3. The highest BCUT2D eigenvalue weighted by atomic mass is 32.2. The zero-order chi connectivity index (χ0) is 12.3. The van der Waals surface area contributed by atoms with Crippen molar-refractivity contribution in [3.05, 3.63) is 53.5 Å². The van der Waals surface area contributed by atoms with E-state index in [0.29, 0.717) is 6.54 Å². The van der Waals surface area contributed by atoms with Crippen molar-refractivity contribution >= 4 is 11.8 Å². The molecule has 2 rings (SSSR count). The second-order valence-corrected chi connectivity index (χ2v) is 5.38. The lowest BCUT2D eigenvalue weighted by Crippen LogP contribution is -2.08. The van der Waals surface area contributed by atoms with Crippen LogP contribution < -0.4 is 5.73 Å². The molecule has 3 heteroatoms. The summed E-state index contributed by atoms with van der Waals surface area (Å²) in [6.45, 7) is 4.61. The summed E-state index contributed by atoms with van der Waals surface area (Å²) in [5.74, 6) is 1.89. The molecule has 2 N–H and O–H groups in total. The Labute approximate surface area is 106 Å². The lowest BCUT2D eigenvalue weighted by molar-refractivity contribution is 0.481. The van der Waals surface area contributed by atoms with Gasteiger partial charge in [-0.05, 0) is 38.1 Å². The van der Waals surface area contributed by atoms with Gasteiger partial charge >= 0.3 is 0 Å². The third-order valence-electron chi connectivity index (χ3n) is 2.59. The normalized spacial score (nSPS) is 12.6. The highest BCUT2D eigenvalue weighted by molar-refractivity contribution is 7.99. The Morgan fingerprint density at radius 1 is 1.12 bits per heavy atom. The lowest BCUT2D eigenvalue weighted by atomic mass is 10.2. The Kier molecular flexibility index (Phi) is 3.92. The quantitative estimate of drug-likeness (QED) is 0.837. The van der Waals surface area contributed by atoms with Gasteiger partial charge in [-0.3, -0.25) is 0 Å². The van der Waals surface area contributed by atoms with Crippen molar-refractivity contribution in [3.63, 3.8) is 0 Å². The summed E-state index contributed by atoms with van der Waals surface area (Å²) in [4.78, 5) is 1.22. The first kappa shape index (κ1) is 12.3. The molecule has 0 saturated carbocycles. The lowest BCUT2D eigenvalue weighted by Gasteiger charge is -2.11. The molecule has 0 amide bonds. The van der Waals surface area contributed by atoms with Gasteiger partial charge in [0.2, 0.25) is 0 Å². The van der Waals surface area contributed by atoms with Crippen LogP contribution in [0.1, 0.15) is 22.3 Å². The van der Waals surface area contributed by atoms with E-state index in [2.05, 4.69) is 31.2 Å². The fourth-order valence-electron chi connectivity index (χ4n) is 1.63. The molecule has 1 unspecified atom stereocenters. The molecule has 0 radical (unpaired) electrons. The summed E-state index contributed by atoms with van der Waals surface area (Å²) in [5, 5.41) is 0.186. The fraction of sp³-hybridized carbons (Fsp3) is 0.286. The molecule has 0 saturated heterocycles. The van der Waals surface area contributed by atoms with E-state index in [1.807, 2.05) is 19.1 Å². The molecule has 0 spiro atoms. The van der Waals surface area contributed by atoms with Crippen LogP contribution in [0.15, 0.2) is 45.7 Å². The minimum atomic E-state index is 0.186. The van der Waals surface area contributed by atoms with Gasteiger partial charge in [0.15, 0.2) is 0 Å². The van der Waals surface area contributed by atoms with Gasteiger partial charge in [0.05, 0.1) is 5.25 Å². The highest BCUT2D eigenvalue weighted by Gasteiger charge is 2.14. The maximum absolute atomic E-state index is 5.81. The third kappa shape index (κ3) is 3.14. The minimum Gasteiger partial charge on any atom is -0.465 e. The van der Waals surface area contributed by atoms with Crippen LogP contribution in [0.4, 0.5) is 0 Å². The topological polar surface area (TPSA) is 39.2 Å². The SMILES string of the molecule is Cc1ccc(SC(CN)c2ccc(C)o2)cc1. The van der Waals surface area contributed by atoms with Crippen LogP contribution in [0, 0.1) is 13.8 Å². The monoisotopic (exact) mass is 247 g/mol. The van der Waals surface area contributed by atoms with Crippen molar-refractivity contribution < 1.29 is 4.42 Å². The van der Waals surface area contributed by atoms with Crippen molar-refractivity contribution in [2.75, 3.05) is 6.54 Å². The van der Waals surface area contributed by atoms with Gasteiger partial charge in [-0.25, -0.2) is 0 Å². The van der Waals surface area contributed by atoms with Gasteiger partial charge in [0.25, 0.3) is 0 Å². The van der Waals surface area contributed by atoms with E-state index >= 15 is 0 Å². The molecule has 0 bridgehead atoms. The number of aryl methyl sites for hydroxylation is 2. The van der Waals surface area contributed by atoms with Crippen molar-refractivity contribution in [3.8, 4) is 0 Å². The van der Waals surface area contributed by atoms with Crippen molar-refractivity contribution in [2.24, 2.45) is 5.73 Å². The van der Waals surface area contributed by atoms with E-state index in [-0.39, 0.29) is 5.25 Å². The molecule has 1 atom stereocenters. The van der Waals surface area contributed by atoms with Crippen molar-refractivity contribution in [1.82, 2.24) is 0 Å². The predicted octanol–water partition coefficient (Wildman–Crippen LogP) is 3.69. The first-order valence-electron chi connectivity index (χ1n) is 5.69. The molecular weight excluding hydrogens is 230 g/mol. The zero-order valence-corrected chi connectivity index (χ0v) is 11.0. The van der Waals surface area contributed by atoms with E-state index in [1.54, 1.807) is 11.8 Å². The molecule has 2 aromatic rings. The van der Waals surface area contributed by atoms with Gasteiger partial charge in [-0.15, -0.1) is 11.8 Å². The number of thioether (sulfide) groups is 1. The Hall–Kier alpha value is -1.19. The fourth-order valence-corrected chi connectivity index (χ4v) is 2.59. The Morgan fingerprint density at radius 2 is 1.82 bits per heavy atom. The van der Waals surface area contributed by atoms with Crippen LogP contribution in [0.25, 0.3) is 0 Å². The average Bonchev–Trinajstić information content (AvgIpc) is 2.75. The molecular formula is C14H17NOS. The maximum Gasteiger partial charge on any atom is 0.118 e. The molecule has 1 heterocycles. The van der Waals surface area contributed by atoms with Crippen molar-refractivity contribution in [1.29, 1.82) is 0 Å². The van der Waals surface area contributed by atoms with E-state index in [9.17, 15) is 0 Å². The van der Waals surface area contributed by atoms with Crippen LogP contribution >= 0.6 is 11.8 Å². The maximum atomic E-state index is 5.81. The van der Waals surface area contributed by atoms with E-state index in [1.165, 1.54) is 10.5 Å². The Balaban J connectivity index is 2.12. The largest absolute Gasteiger partial charge is 0.465 e. The molecule has 1 aromatic carbocycles. The molecule has 0 fully saturated rings. The van der Waals surface area contributed by atoms with E-state index in [4.69, 9.17) is 10.2 Å². The molecule has 0 aliphatic carbocycles. The predicted molar refractivity (Wildman–Crippen MR) is 72.3 cm³/mol. The third-order valence-corrected chi connectivity index (χ3v) is 3.85. The van der Waals surface area contributed by atoms with Gasteiger partial charge < -0.3 is 10.2 Å². The highest BCUT2D eigenvalue weighted by Crippen LogP contribution is 2.35. The first-order valence-corrected chi connectivity index (χ1v) is 6.56. The number of benzene rings is 1. The second kappa shape index (κ2) is 5.43. The Bertz CT molecular complexity index is 475. The van der Waals surface area contributed by atoms with E-state index < -0.39 is 0 Å². The van der Waals surface area contributed by atoms with E-state index in [0.717, 1.165) is 11.5 Å². The summed E-state index contributed by atoms with van der Waals surface area (Å²) in [7, 11) is 0. The molecule has 90 valence electrons. The summed E-state index contributed by atoms with van der Waals surface area (Å²) in [6.07, 6.45) is 0. The van der Waals surface area contributed by atoms with Gasteiger partial charge in [0.1, 0.15) is 11.5 Å². The molecule has 2 nitrogen and oxygen atoms in total. The van der Waals surface area contributed by atoms with Crippen LogP contribution in [-0.4, -0.2) is 6.54 Å². The molecule has 0 aliphatic rings. The number of rotatable bonds is 4. The second-order valence-electron chi connectivity index (χ2n) is 4.10.